The van der Waals surface area contributed by atoms with Crippen molar-refractivity contribution in [1.29, 1.82) is 0 Å². The molecule has 0 aliphatic rings. The normalized spacial score (nSPS) is 12.4. The van der Waals surface area contributed by atoms with E-state index in [9.17, 15) is 9.59 Å². The van der Waals surface area contributed by atoms with Crippen LogP contribution in [-0.2, 0) is 4.79 Å². The molecule has 2 aromatic rings. The van der Waals surface area contributed by atoms with Crippen LogP contribution in [0.4, 0.5) is 0 Å². The molecule has 2 N–H and O–H groups in total. The number of rotatable bonds is 7. The third-order valence-electron chi connectivity index (χ3n) is 4.10. The summed E-state index contributed by atoms with van der Waals surface area (Å²) in [4.78, 5) is 25.7. The molecular weight excluding hydrogens is 368 g/mol. The van der Waals surface area contributed by atoms with Gasteiger partial charge in [0.15, 0.2) is 0 Å². The van der Waals surface area contributed by atoms with Crippen LogP contribution in [0.3, 0.4) is 0 Å². The van der Waals surface area contributed by atoms with Gasteiger partial charge in [0, 0.05) is 17.2 Å². The Hall–Kier alpha value is -3.02. The van der Waals surface area contributed by atoms with E-state index >= 15 is 0 Å². The number of hydrogen-bond acceptors (Lipinski definition) is 4. The molecule has 0 aliphatic heterocycles. The lowest BCUT2D eigenvalue weighted by molar-refractivity contribution is -0.119. The highest BCUT2D eigenvalue weighted by Crippen LogP contribution is 2.27. The van der Waals surface area contributed by atoms with E-state index in [1.807, 2.05) is 13.8 Å². The molecule has 29 heavy (non-hydrogen) atoms. The second-order valence-electron chi connectivity index (χ2n) is 8.83. The molecule has 0 unspecified atom stereocenters. The maximum Gasteiger partial charge on any atom is 0.268 e. The summed E-state index contributed by atoms with van der Waals surface area (Å²) in [5.41, 5.74) is 0.108. The Bertz CT molecular complexity index is 857. The lowest BCUT2D eigenvalue weighted by atomic mass is 9.82. The molecule has 0 radical (unpaired) electrons. The van der Waals surface area contributed by atoms with Crippen LogP contribution in [0.5, 0.6) is 5.75 Å². The van der Waals surface area contributed by atoms with Gasteiger partial charge in [-0.1, -0.05) is 20.8 Å². The van der Waals surface area contributed by atoms with Crippen molar-refractivity contribution in [2.24, 2.45) is 5.41 Å². The molecule has 6 heteroatoms. The van der Waals surface area contributed by atoms with Gasteiger partial charge < -0.3 is 19.8 Å². The van der Waals surface area contributed by atoms with Crippen LogP contribution in [0, 0.1) is 5.41 Å². The number of amides is 2. The Balaban J connectivity index is 2.23. The number of carbonyl (C=O) groups excluding carboxylic acids is 2. The molecular formula is C23H30N2O4. The van der Waals surface area contributed by atoms with Crippen LogP contribution in [0.1, 0.15) is 57.2 Å². The third-order valence-corrected chi connectivity index (χ3v) is 4.10. The summed E-state index contributed by atoms with van der Waals surface area (Å²) in [5.74, 6) is 0.347. The fraction of sp³-hybridized carbons (Fsp3) is 0.391. The van der Waals surface area contributed by atoms with Gasteiger partial charge in [0.1, 0.15) is 17.2 Å². The highest BCUT2D eigenvalue weighted by molar-refractivity contribution is 6.05. The average molecular weight is 399 g/mol. The van der Waals surface area contributed by atoms with E-state index in [2.05, 4.69) is 31.4 Å². The summed E-state index contributed by atoms with van der Waals surface area (Å²) < 4.78 is 10.4. The number of hydrogen-bond donors (Lipinski definition) is 2. The van der Waals surface area contributed by atoms with Crippen LogP contribution >= 0.6 is 0 Å². The van der Waals surface area contributed by atoms with Crippen molar-refractivity contribution in [2.75, 3.05) is 7.11 Å². The smallest absolute Gasteiger partial charge is 0.268 e. The molecule has 2 rings (SSSR count). The van der Waals surface area contributed by atoms with Gasteiger partial charge in [-0.2, -0.15) is 0 Å². The number of carbonyl (C=O) groups is 2. The van der Waals surface area contributed by atoms with Crippen LogP contribution < -0.4 is 15.4 Å². The zero-order chi connectivity index (χ0) is 21.7. The summed E-state index contributed by atoms with van der Waals surface area (Å²) in [7, 11) is 1.56. The van der Waals surface area contributed by atoms with Crippen LogP contribution in [-0.4, -0.2) is 24.5 Å². The van der Waals surface area contributed by atoms with Gasteiger partial charge in [-0.3, -0.25) is 9.59 Å². The van der Waals surface area contributed by atoms with Crippen molar-refractivity contribution in [2.45, 2.75) is 46.6 Å². The minimum Gasteiger partial charge on any atom is -0.497 e. The second kappa shape index (κ2) is 8.99. The first-order chi connectivity index (χ1) is 13.5. The SMILES string of the molecule is COc1ccc(C(=O)N/C(=C\c2ccco2)C(=O)NC(C)(C)CC(C)(C)C)cc1. The standard InChI is InChI=1S/C23H30N2O4/c1-22(2,3)15-23(4,5)25-21(27)19(14-18-8-7-13-29-18)24-20(26)16-9-11-17(28-6)12-10-16/h7-14H,15H2,1-6H3,(H,24,26)(H,25,27)/b19-14-. The third kappa shape index (κ3) is 7.14. The first-order valence-corrected chi connectivity index (χ1v) is 9.52. The molecule has 156 valence electrons. The Morgan fingerprint density at radius 2 is 1.72 bits per heavy atom. The average Bonchev–Trinajstić information content (AvgIpc) is 3.11. The van der Waals surface area contributed by atoms with Gasteiger partial charge >= 0.3 is 0 Å². The molecule has 0 spiro atoms. The Morgan fingerprint density at radius 3 is 2.24 bits per heavy atom. The summed E-state index contributed by atoms with van der Waals surface area (Å²) >= 11 is 0. The molecule has 0 fully saturated rings. The van der Waals surface area contributed by atoms with Gasteiger partial charge in [0.25, 0.3) is 11.8 Å². The van der Waals surface area contributed by atoms with Crippen molar-refractivity contribution < 1.29 is 18.7 Å². The second-order valence-corrected chi connectivity index (χ2v) is 8.83. The summed E-state index contributed by atoms with van der Waals surface area (Å²) in [6, 6.07) is 10.1. The number of furan rings is 1. The molecule has 0 atom stereocenters. The molecule has 0 saturated carbocycles. The lowest BCUT2D eigenvalue weighted by Crippen LogP contribution is -2.48. The largest absolute Gasteiger partial charge is 0.497 e. The topological polar surface area (TPSA) is 80.6 Å². The fourth-order valence-corrected chi connectivity index (χ4v) is 3.36. The summed E-state index contributed by atoms with van der Waals surface area (Å²) in [6.45, 7) is 10.3. The molecule has 6 nitrogen and oxygen atoms in total. The summed E-state index contributed by atoms with van der Waals surface area (Å²) in [6.07, 6.45) is 3.80. The zero-order valence-electron chi connectivity index (χ0n) is 18.0. The van der Waals surface area contributed by atoms with Crippen LogP contribution in [0.25, 0.3) is 6.08 Å². The molecule has 1 aromatic heterocycles. The molecule has 0 bridgehead atoms. The quantitative estimate of drug-likeness (QED) is 0.678. The maximum atomic E-state index is 13.0. The molecule has 1 aromatic carbocycles. The Labute approximate surface area is 172 Å². The van der Waals surface area contributed by atoms with Crippen molar-refractivity contribution in [1.82, 2.24) is 10.6 Å². The Morgan fingerprint density at radius 1 is 1.07 bits per heavy atom. The van der Waals surface area contributed by atoms with E-state index in [1.165, 1.54) is 12.3 Å². The van der Waals surface area contributed by atoms with Crippen LogP contribution in [0.15, 0.2) is 52.8 Å². The van der Waals surface area contributed by atoms with Crippen LogP contribution in [0.2, 0.25) is 0 Å². The molecule has 0 saturated heterocycles. The lowest BCUT2D eigenvalue weighted by Gasteiger charge is -2.33. The monoisotopic (exact) mass is 398 g/mol. The first kappa shape index (κ1) is 22.3. The maximum absolute atomic E-state index is 13.0. The molecule has 2 amide bonds. The Kier molecular flexibility index (Phi) is 6.90. The summed E-state index contributed by atoms with van der Waals surface area (Å²) in [5, 5.41) is 5.72. The van der Waals surface area contributed by atoms with Gasteiger partial charge in [-0.15, -0.1) is 0 Å². The van der Waals surface area contributed by atoms with Gasteiger partial charge in [0.2, 0.25) is 0 Å². The van der Waals surface area contributed by atoms with Crippen molar-refractivity contribution in [3.63, 3.8) is 0 Å². The van der Waals surface area contributed by atoms with Crippen molar-refractivity contribution in [3.05, 3.63) is 59.7 Å². The van der Waals surface area contributed by atoms with Gasteiger partial charge in [0.05, 0.1) is 13.4 Å². The fourth-order valence-electron chi connectivity index (χ4n) is 3.36. The highest BCUT2D eigenvalue weighted by Gasteiger charge is 2.28. The van der Waals surface area contributed by atoms with E-state index in [0.717, 1.165) is 6.42 Å². The van der Waals surface area contributed by atoms with E-state index in [-0.39, 0.29) is 17.0 Å². The minimum atomic E-state index is -0.456. The number of ether oxygens (including phenoxy) is 1. The van der Waals surface area contributed by atoms with E-state index < -0.39 is 11.4 Å². The van der Waals surface area contributed by atoms with E-state index in [0.29, 0.717) is 17.1 Å². The van der Waals surface area contributed by atoms with E-state index in [4.69, 9.17) is 9.15 Å². The minimum absolute atomic E-state index is 0.0357. The van der Waals surface area contributed by atoms with Gasteiger partial charge in [-0.05, 0) is 62.1 Å². The zero-order valence-corrected chi connectivity index (χ0v) is 18.0. The highest BCUT2D eigenvalue weighted by atomic mass is 16.5. The number of methoxy groups -OCH3 is 1. The van der Waals surface area contributed by atoms with Crippen molar-refractivity contribution in [3.8, 4) is 5.75 Å². The first-order valence-electron chi connectivity index (χ1n) is 9.52. The van der Waals surface area contributed by atoms with Crippen molar-refractivity contribution >= 4 is 17.9 Å². The van der Waals surface area contributed by atoms with Gasteiger partial charge in [-0.25, -0.2) is 0 Å². The molecule has 0 aliphatic carbocycles. The number of benzene rings is 1. The predicted octanol–water partition coefficient (Wildman–Crippen LogP) is 4.39. The molecule has 1 heterocycles. The predicted molar refractivity (Wildman–Crippen MR) is 113 cm³/mol. The number of nitrogens with one attached hydrogen (secondary N) is 2. The van der Waals surface area contributed by atoms with E-state index in [1.54, 1.807) is 43.5 Å².